The molecular weight excluding hydrogens is 284 g/mol. The van der Waals surface area contributed by atoms with Crippen LogP contribution in [0, 0.1) is 17.6 Å². The van der Waals surface area contributed by atoms with Crippen molar-refractivity contribution in [2.45, 2.75) is 26.3 Å². The van der Waals surface area contributed by atoms with Gasteiger partial charge in [-0.05, 0) is 24.5 Å². The lowest BCUT2D eigenvalue weighted by atomic mass is 10.0. The largest absolute Gasteiger partial charge is 0.478 e. The Morgan fingerprint density at radius 3 is 2.38 bits per heavy atom. The van der Waals surface area contributed by atoms with E-state index < -0.39 is 35.2 Å². The van der Waals surface area contributed by atoms with Crippen LogP contribution in [-0.2, 0) is 9.53 Å². The minimum atomic E-state index is -1.57. The number of carbonyl (C=O) groups excluding carboxylic acids is 1. The molecule has 0 heterocycles. The summed E-state index contributed by atoms with van der Waals surface area (Å²) in [6, 6.07) is 1.17. The Morgan fingerprint density at radius 2 is 1.90 bits per heavy atom. The number of carbonyl (C=O) groups is 2. The van der Waals surface area contributed by atoms with Gasteiger partial charge in [-0.2, -0.15) is 0 Å². The predicted molar refractivity (Wildman–Crippen MR) is 72.2 cm³/mol. The molecule has 0 aliphatic heterocycles. The van der Waals surface area contributed by atoms with Gasteiger partial charge < -0.3 is 15.2 Å². The molecular formula is C14H17F2NO4. The summed E-state index contributed by atoms with van der Waals surface area (Å²) < 4.78 is 32.0. The topological polar surface area (TPSA) is 75.6 Å². The number of aromatic carboxylic acids is 1. The van der Waals surface area contributed by atoms with E-state index in [9.17, 15) is 18.4 Å². The zero-order chi connectivity index (χ0) is 16.2. The lowest BCUT2D eigenvalue weighted by Gasteiger charge is -2.20. The fourth-order valence-electron chi connectivity index (χ4n) is 1.84. The maximum absolute atomic E-state index is 13.8. The highest BCUT2D eigenvalue weighted by Gasteiger charge is 2.24. The molecule has 1 atom stereocenters. The summed E-state index contributed by atoms with van der Waals surface area (Å²) in [6.07, 6.45) is 0.356. The minimum Gasteiger partial charge on any atom is -0.478 e. The third-order valence-electron chi connectivity index (χ3n) is 2.84. The second-order valence-corrected chi connectivity index (χ2v) is 4.94. The SMILES string of the molecule is COC(=O)C(CC(C)C)Nc1ccc(C(=O)O)c(F)c1F. The summed E-state index contributed by atoms with van der Waals surface area (Å²) in [5, 5.41) is 11.3. The Balaban J connectivity index is 3.07. The molecule has 0 aliphatic rings. The van der Waals surface area contributed by atoms with Crippen LogP contribution < -0.4 is 5.32 Å². The van der Waals surface area contributed by atoms with Crippen LogP contribution in [0.25, 0.3) is 0 Å². The number of carboxylic acids is 1. The van der Waals surface area contributed by atoms with Gasteiger partial charge in [0.2, 0.25) is 0 Å². The van der Waals surface area contributed by atoms with Gasteiger partial charge in [0.25, 0.3) is 0 Å². The number of hydrogen-bond acceptors (Lipinski definition) is 4. The van der Waals surface area contributed by atoms with Crippen LogP contribution in [0.3, 0.4) is 0 Å². The standard InChI is InChI=1S/C14H17F2NO4/c1-7(2)6-10(14(20)21-3)17-9-5-4-8(13(18)19)11(15)12(9)16/h4-5,7,10,17H,6H2,1-3H3,(H,18,19). The fourth-order valence-corrected chi connectivity index (χ4v) is 1.84. The monoisotopic (exact) mass is 301 g/mol. The highest BCUT2D eigenvalue weighted by atomic mass is 19.2. The van der Waals surface area contributed by atoms with Crippen LogP contribution in [0.15, 0.2) is 12.1 Å². The number of anilines is 1. The molecule has 5 nitrogen and oxygen atoms in total. The Morgan fingerprint density at radius 1 is 1.29 bits per heavy atom. The van der Waals surface area contributed by atoms with Crippen molar-refractivity contribution >= 4 is 17.6 Å². The third kappa shape index (κ3) is 4.14. The highest BCUT2D eigenvalue weighted by Crippen LogP contribution is 2.23. The van der Waals surface area contributed by atoms with Crippen LogP contribution in [-0.4, -0.2) is 30.2 Å². The van der Waals surface area contributed by atoms with Gasteiger partial charge in [-0.15, -0.1) is 0 Å². The van der Waals surface area contributed by atoms with E-state index in [1.54, 1.807) is 0 Å². The average molecular weight is 301 g/mol. The molecule has 0 saturated carbocycles. The second-order valence-electron chi connectivity index (χ2n) is 4.94. The first-order chi connectivity index (χ1) is 9.77. The summed E-state index contributed by atoms with van der Waals surface area (Å²) in [7, 11) is 1.20. The molecule has 1 aromatic rings. The van der Waals surface area contributed by atoms with E-state index in [1.807, 2.05) is 13.8 Å². The predicted octanol–water partition coefficient (Wildman–Crippen LogP) is 2.66. The number of methoxy groups -OCH3 is 1. The number of hydrogen-bond donors (Lipinski definition) is 2. The van der Waals surface area contributed by atoms with E-state index >= 15 is 0 Å². The van der Waals surface area contributed by atoms with Gasteiger partial charge in [0.05, 0.1) is 18.4 Å². The van der Waals surface area contributed by atoms with Crippen molar-refractivity contribution in [3.63, 3.8) is 0 Å². The molecule has 1 rings (SSSR count). The first-order valence-electron chi connectivity index (χ1n) is 6.33. The van der Waals surface area contributed by atoms with Crippen molar-refractivity contribution in [3.8, 4) is 0 Å². The summed E-state index contributed by atoms with van der Waals surface area (Å²) >= 11 is 0. The van der Waals surface area contributed by atoms with E-state index in [-0.39, 0.29) is 11.6 Å². The summed E-state index contributed by atoms with van der Waals surface area (Å²) in [5.41, 5.74) is -1.05. The molecule has 0 aliphatic carbocycles. The van der Waals surface area contributed by atoms with E-state index in [4.69, 9.17) is 5.11 Å². The number of ether oxygens (including phenoxy) is 1. The van der Waals surface area contributed by atoms with Crippen LogP contribution in [0.2, 0.25) is 0 Å². The lowest BCUT2D eigenvalue weighted by molar-refractivity contribution is -0.141. The zero-order valence-electron chi connectivity index (χ0n) is 11.9. The molecule has 0 aromatic heterocycles. The van der Waals surface area contributed by atoms with Gasteiger partial charge in [-0.1, -0.05) is 13.8 Å². The van der Waals surface area contributed by atoms with E-state index in [0.717, 1.165) is 12.1 Å². The van der Waals surface area contributed by atoms with Crippen LogP contribution in [0.1, 0.15) is 30.6 Å². The van der Waals surface area contributed by atoms with Gasteiger partial charge in [-0.3, -0.25) is 0 Å². The van der Waals surface area contributed by atoms with Gasteiger partial charge >= 0.3 is 11.9 Å². The molecule has 0 saturated heterocycles. The Labute approximate surface area is 120 Å². The summed E-state index contributed by atoms with van der Waals surface area (Å²) in [4.78, 5) is 22.3. The number of halogens is 2. The smallest absolute Gasteiger partial charge is 0.338 e. The van der Waals surface area contributed by atoms with Crippen molar-refractivity contribution in [1.82, 2.24) is 0 Å². The Hall–Kier alpha value is -2.18. The zero-order valence-corrected chi connectivity index (χ0v) is 11.9. The highest BCUT2D eigenvalue weighted by molar-refractivity contribution is 5.88. The normalized spacial score (nSPS) is 12.1. The van der Waals surface area contributed by atoms with Gasteiger partial charge in [-0.25, -0.2) is 18.4 Å². The van der Waals surface area contributed by atoms with Crippen molar-refractivity contribution in [2.24, 2.45) is 5.92 Å². The molecule has 2 N–H and O–H groups in total. The number of esters is 1. The molecule has 0 bridgehead atoms. The maximum Gasteiger partial charge on any atom is 0.338 e. The molecule has 116 valence electrons. The van der Waals surface area contributed by atoms with Gasteiger partial charge in [0.1, 0.15) is 6.04 Å². The first-order valence-corrected chi connectivity index (χ1v) is 6.33. The fraction of sp³-hybridized carbons (Fsp3) is 0.429. The third-order valence-corrected chi connectivity index (χ3v) is 2.84. The van der Waals surface area contributed by atoms with Crippen LogP contribution in [0.4, 0.5) is 14.5 Å². The quantitative estimate of drug-likeness (QED) is 0.790. The molecule has 1 aromatic carbocycles. The molecule has 7 heteroatoms. The second kappa shape index (κ2) is 7.01. The van der Waals surface area contributed by atoms with E-state index in [0.29, 0.717) is 6.42 Å². The number of benzene rings is 1. The first kappa shape index (κ1) is 16.9. The Bertz CT molecular complexity index is 546. The van der Waals surface area contributed by atoms with Gasteiger partial charge in [0, 0.05) is 0 Å². The van der Waals surface area contributed by atoms with Crippen LogP contribution >= 0.6 is 0 Å². The maximum atomic E-state index is 13.8. The van der Waals surface area contributed by atoms with E-state index in [2.05, 4.69) is 10.1 Å². The summed E-state index contributed by atoms with van der Waals surface area (Å²) in [5.74, 6) is -4.86. The Kier molecular flexibility index (Phi) is 5.63. The molecule has 21 heavy (non-hydrogen) atoms. The molecule has 0 amide bonds. The lowest BCUT2D eigenvalue weighted by Crippen LogP contribution is -2.32. The van der Waals surface area contributed by atoms with Crippen molar-refractivity contribution < 1.29 is 28.2 Å². The summed E-state index contributed by atoms with van der Waals surface area (Å²) in [6.45, 7) is 3.73. The average Bonchev–Trinajstić information content (AvgIpc) is 2.41. The molecule has 0 fully saturated rings. The molecule has 0 radical (unpaired) electrons. The van der Waals surface area contributed by atoms with Crippen molar-refractivity contribution in [1.29, 1.82) is 0 Å². The van der Waals surface area contributed by atoms with Crippen LogP contribution in [0.5, 0.6) is 0 Å². The van der Waals surface area contributed by atoms with Crippen molar-refractivity contribution in [3.05, 3.63) is 29.3 Å². The molecule has 1 unspecified atom stereocenters. The van der Waals surface area contributed by atoms with E-state index in [1.165, 1.54) is 7.11 Å². The van der Waals surface area contributed by atoms with Gasteiger partial charge in [0.15, 0.2) is 11.6 Å². The molecule has 0 spiro atoms. The number of carboxylic acid groups (broad SMARTS) is 1. The minimum absolute atomic E-state index is 0.118. The number of nitrogens with one attached hydrogen (secondary N) is 1. The number of rotatable bonds is 6. The van der Waals surface area contributed by atoms with Crippen molar-refractivity contribution in [2.75, 3.05) is 12.4 Å².